The summed E-state index contributed by atoms with van der Waals surface area (Å²) < 4.78 is 26.3. The minimum atomic E-state index is -3.26. The highest BCUT2D eigenvalue weighted by Crippen LogP contribution is 2.34. The molecule has 3 heterocycles. The van der Waals surface area contributed by atoms with Crippen LogP contribution in [0.25, 0.3) is 5.65 Å². The second-order valence-electron chi connectivity index (χ2n) is 9.34. The van der Waals surface area contributed by atoms with E-state index < -0.39 is 16.1 Å². The summed E-state index contributed by atoms with van der Waals surface area (Å²) in [5, 5.41) is 41.0. The molecular formula is C23H25ClN10O3S. The maximum atomic E-state index is 11.8. The van der Waals surface area contributed by atoms with Crippen molar-refractivity contribution in [3.63, 3.8) is 0 Å². The van der Waals surface area contributed by atoms with Gasteiger partial charge >= 0.3 is 0 Å². The molecule has 198 valence electrons. The van der Waals surface area contributed by atoms with Gasteiger partial charge in [-0.25, -0.2) is 13.4 Å². The lowest BCUT2D eigenvalue weighted by molar-refractivity contribution is 0.0923. The van der Waals surface area contributed by atoms with Crippen LogP contribution in [0.15, 0.2) is 18.3 Å². The van der Waals surface area contributed by atoms with E-state index in [2.05, 4.69) is 37.8 Å². The molecule has 2 aliphatic rings. The maximum Gasteiger partial charge on any atom is 0.247 e. The SMILES string of the molecule is CS(=O)(=O)N1CCN(CC(O)c2cc(C#N)cc(Nc3nc(NC4CC4)c4ncc(C#N)n4n3)c2Cl)CC1. The molecule has 3 N–H and O–H groups in total. The highest BCUT2D eigenvalue weighted by atomic mass is 35.5. The number of imidazole rings is 1. The number of aliphatic hydroxyl groups excluding tert-OH is 1. The molecule has 0 bridgehead atoms. The number of benzene rings is 1. The third kappa shape index (κ3) is 5.50. The zero-order valence-electron chi connectivity index (χ0n) is 20.5. The Hall–Kier alpha value is -3.53. The second kappa shape index (κ2) is 10.3. The van der Waals surface area contributed by atoms with E-state index in [0.717, 1.165) is 12.8 Å². The number of piperazine rings is 1. The average Bonchev–Trinajstić information content (AvgIpc) is 3.60. The lowest BCUT2D eigenvalue weighted by atomic mass is 10.0. The number of aromatic nitrogens is 4. The molecule has 1 atom stereocenters. The lowest BCUT2D eigenvalue weighted by Gasteiger charge is -2.34. The number of anilines is 3. The van der Waals surface area contributed by atoms with E-state index in [1.54, 1.807) is 0 Å². The summed E-state index contributed by atoms with van der Waals surface area (Å²) in [6, 6.07) is 7.47. The number of halogens is 1. The number of nitrogens with one attached hydrogen (secondary N) is 2. The minimum Gasteiger partial charge on any atom is -0.387 e. The van der Waals surface area contributed by atoms with Crippen LogP contribution in [0.3, 0.4) is 0 Å². The summed E-state index contributed by atoms with van der Waals surface area (Å²) in [6.07, 6.45) is 3.57. The van der Waals surface area contributed by atoms with Crippen molar-refractivity contribution >= 4 is 44.7 Å². The Labute approximate surface area is 224 Å². The Morgan fingerprint density at radius 3 is 2.58 bits per heavy atom. The first-order chi connectivity index (χ1) is 18.2. The average molecular weight is 557 g/mol. The first-order valence-corrected chi connectivity index (χ1v) is 14.2. The molecule has 38 heavy (non-hydrogen) atoms. The first kappa shape index (κ1) is 26.1. The Balaban J connectivity index is 1.41. The highest BCUT2D eigenvalue weighted by Gasteiger charge is 2.27. The molecule has 2 aromatic heterocycles. The van der Waals surface area contributed by atoms with E-state index in [1.165, 1.54) is 33.4 Å². The van der Waals surface area contributed by atoms with Gasteiger partial charge in [-0.1, -0.05) is 11.6 Å². The van der Waals surface area contributed by atoms with Gasteiger partial charge < -0.3 is 15.7 Å². The molecule has 2 fully saturated rings. The standard InChI is InChI=1S/C23H25ClN10O3S/c1-38(36,37)33-6-4-32(5-7-33)13-19(35)17-8-14(10-25)9-18(20(17)24)29-23-30-21(28-15-2-3-15)22-27-12-16(11-26)34(22)31-23/h8-9,12,15,19,35H,2-7,13H2,1H3,(H2,28,29,30,31). The molecule has 3 aromatic rings. The van der Waals surface area contributed by atoms with Gasteiger partial charge in [0.15, 0.2) is 17.2 Å². The number of hydrogen-bond acceptors (Lipinski definition) is 11. The molecule has 0 spiro atoms. The van der Waals surface area contributed by atoms with Crippen LogP contribution in [-0.4, -0.2) is 87.3 Å². The minimum absolute atomic E-state index is 0.129. The predicted molar refractivity (Wildman–Crippen MR) is 139 cm³/mol. The largest absolute Gasteiger partial charge is 0.387 e. The fourth-order valence-corrected chi connectivity index (χ4v) is 5.39. The molecule has 5 rings (SSSR count). The molecule has 1 saturated heterocycles. The summed E-state index contributed by atoms with van der Waals surface area (Å²) in [4.78, 5) is 10.7. The number of nitriles is 2. The summed E-state index contributed by atoms with van der Waals surface area (Å²) >= 11 is 6.69. The van der Waals surface area contributed by atoms with E-state index in [9.17, 15) is 24.0 Å². The van der Waals surface area contributed by atoms with Gasteiger partial charge in [-0.15, -0.1) is 5.10 Å². The van der Waals surface area contributed by atoms with Crippen molar-refractivity contribution in [1.82, 2.24) is 28.8 Å². The van der Waals surface area contributed by atoms with Gasteiger partial charge in [0.05, 0.1) is 40.9 Å². The number of aliphatic hydroxyl groups is 1. The van der Waals surface area contributed by atoms with E-state index >= 15 is 0 Å². The van der Waals surface area contributed by atoms with Crippen molar-refractivity contribution in [3.05, 3.63) is 40.2 Å². The normalized spacial score (nSPS) is 17.6. The summed E-state index contributed by atoms with van der Waals surface area (Å²) in [5.74, 6) is 0.594. The lowest BCUT2D eigenvalue weighted by Crippen LogP contribution is -2.49. The number of sulfonamides is 1. The third-order valence-corrected chi connectivity index (χ3v) is 8.19. The molecule has 1 unspecified atom stereocenters. The molecule has 1 aromatic carbocycles. The number of β-amino-alcohol motifs (C(OH)–C–C–N with tert-alkyl or cyclic N) is 1. The topological polar surface area (TPSA) is 176 Å². The molecule has 1 saturated carbocycles. The number of nitrogens with zero attached hydrogens (tertiary/aromatic N) is 8. The van der Waals surface area contributed by atoms with Gasteiger partial charge in [-0.05, 0) is 25.0 Å². The van der Waals surface area contributed by atoms with Crippen molar-refractivity contribution in [1.29, 1.82) is 10.5 Å². The monoisotopic (exact) mass is 556 g/mol. The fourth-order valence-electron chi connectivity index (χ4n) is 4.28. The quantitative estimate of drug-likeness (QED) is 0.366. The van der Waals surface area contributed by atoms with Gasteiger partial charge in [0, 0.05) is 44.3 Å². The number of rotatable bonds is 8. The Morgan fingerprint density at radius 2 is 1.95 bits per heavy atom. The van der Waals surface area contributed by atoms with Crippen molar-refractivity contribution < 1.29 is 13.5 Å². The van der Waals surface area contributed by atoms with Crippen LogP contribution in [0.4, 0.5) is 17.5 Å². The van der Waals surface area contributed by atoms with E-state index in [0.29, 0.717) is 48.9 Å². The smallest absolute Gasteiger partial charge is 0.247 e. The van der Waals surface area contributed by atoms with Crippen LogP contribution in [0.1, 0.15) is 35.8 Å². The molecule has 1 aliphatic carbocycles. The predicted octanol–water partition coefficient (Wildman–Crippen LogP) is 1.45. The maximum absolute atomic E-state index is 11.8. The Morgan fingerprint density at radius 1 is 1.21 bits per heavy atom. The highest BCUT2D eigenvalue weighted by molar-refractivity contribution is 7.88. The molecule has 1 aliphatic heterocycles. The fraction of sp³-hybridized carbons (Fsp3) is 0.435. The van der Waals surface area contributed by atoms with E-state index in [-0.39, 0.29) is 34.8 Å². The second-order valence-corrected chi connectivity index (χ2v) is 11.7. The van der Waals surface area contributed by atoms with Crippen LogP contribution in [0.5, 0.6) is 0 Å². The van der Waals surface area contributed by atoms with Crippen molar-refractivity contribution in [3.8, 4) is 12.1 Å². The van der Waals surface area contributed by atoms with Gasteiger partial charge in [-0.2, -0.15) is 24.3 Å². The summed E-state index contributed by atoms with van der Waals surface area (Å²) in [7, 11) is -3.26. The third-order valence-electron chi connectivity index (χ3n) is 6.46. The van der Waals surface area contributed by atoms with E-state index in [4.69, 9.17) is 11.6 Å². The zero-order valence-corrected chi connectivity index (χ0v) is 22.0. The van der Waals surface area contributed by atoms with E-state index in [1.807, 2.05) is 4.90 Å². The van der Waals surface area contributed by atoms with Crippen molar-refractivity contribution in [2.45, 2.75) is 25.0 Å². The molecule has 15 heteroatoms. The summed E-state index contributed by atoms with van der Waals surface area (Å²) in [5.41, 5.74) is 1.58. The molecule has 13 nitrogen and oxygen atoms in total. The summed E-state index contributed by atoms with van der Waals surface area (Å²) in [6.45, 7) is 1.80. The van der Waals surface area contributed by atoms with Crippen LogP contribution in [-0.2, 0) is 10.0 Å². The Bertz CT molecular complexity index is 1570. The number of hydrogen-bond donors (Lipinski definition) is 3. The van der Waals surface area contributed by atoms with Gasteiger partial charge in [-0.3, -0.25) is 4.90 Å². The van der Waals surface area contributed by atoms with Crippen molar-refractivity contribution in [2.75, 3.05) is 49.6 Å². The number of fused-ring (bicyclic) bond motifs is 1. The Kier molecular flexibility index (Phi) is 7.09. The van der Waals surface area contributed by atoms with Crippen LogP contribution in [0.2, 0.25) is 5.02 Å². The molecule has 0 amide bonds. The van der Waals surface area contributed by atoms with Gasteiger partial charge in [0.1, 0.15) is 6.07 Å². The zero-order chi connectivity index (χ0) is 27.0. The van der Waals surface area contributed by atoms with Gasteiger partial charge in [0.25, 0.3) is 0 Å². The first-order valence-electron chi connectivity index (χ1n) is 11.9. The molecular weight excluding hydrogens is 532 g/mol. The van der Waals surface area contributed by atoms with Crippen LogP contribution >= 0.6 is 11.6 Å². The molecule has 0 radical (unpaired) electrons. The van der Waals surface area contributed by atoms with Crippen molar-refractivity contribution in [2.24, 2.45) is 0 Å². The van der Waals surface area contributed by atoms with Gasteiger partial charge in [0.2, 0.25) is 16.0 Å². The van der Waals surface area contributed by atoms with Crippen LogP contribution in [0, 0.1) is 22.7 Å². The van der Waals surface area contributed by atoms with Crippen LogP contribution < -0.4 is 10.6 Å².